The predicted octanol–water partition coefficient (Wildman–Crippen LogP) is 3.00. The fraction of sp³-hybridized carbons (Fsp3) is 0.300. The number of benzene rings is 2. The van der Waals surface area contributed by atoms with Crippen molar-refractivity contribution in [3.05, 3.63) is 65.5 Å². The van der Waals surface area contributed by atoms with Crippen molar-refractivity contribution >= 4 is 23.6 Å². The molecule has 2 N–H and O–H groups in total. The van der Waals surface area contributed by atoms with Crippen LogP contribution in [0.1, 0.15) is 22.3 Å². The molecule has 2 aromatic rings. The van der Waals surface area contributed by atoms with E-state index in [4.69, 9.17) is 4.74 Å². The van der Waals surface area contributed by atoms with Gasteiger partial charge in [-0.3, -0.25) is 9.59 Å². The van der Waals surface area contributed by atoms with Crippen molar-refractivity contribution in [3.63, 3.8) is 0 Å². The molecule has 2 amide bonds. The van der Waals surface area contributed by atoms with Crippen LogP contribution in [0.4, 0.5) is 4.39 Å². The Morgan fingerprint density at radius 3 is 2.52 bits per heavy atom. The van der Waals surface area contributed by atoms with Crippen LogP contribution in [0.5, 0.6) is 5.75 Å². The molecule has 0 aromatic heterocycles. The monoisotopic (exact) mass is 390 g/mol. The molecule has 1 atom stereocenters. The lowest BCUT2D eigenvalue weighted by molar-refractivity contribution is -0.123. The van der Waals surface area contributed by atoms with Gasteiger partial charge in [0.1, 0.15) is 17.6 Å². The molecule has 0 aliphatic heterocycles. The number of halogens is 1. The summed E-state index contributed by atoms with van der Waals surface area (Å²) in [5.74, 6) is 0.199. The highest BCUT2D eigenvalue weighted by molar-refractivity contribution is 7.98. The van der Waals surface area contributed by atoms with E-state index < -0.39 is 6.04 Å². The first-order chi connectivity index (χ1) is 13.0. The summed E-state index contributed by atoms with van der Waals surface area (Å²) >= 11 is 1.60. The minimum absolute atomic E-state index is 0.263. The molecule has 0 spiro atoms. The van der Waals surface area contributed by atoms with Gasteiger partial charge in [-0.1, -0.05) is 24.3 Å². The van der Waals surface area contributed by atoms with E-state index >= 15 is 0 Å². The number of carbonyl (C=O) groups excluding carboxylic acids is 2. The third kappa shape index (κ3) is 6.29. The molecule has 2 rings (SSSR count). The molecule has 0 unspecified atom stereocenters. The second-order valence-corrected chi connectivity index (χ2v) is 6.84. The molecule has 0 saturated carbocycles. The third-order valence-corrected chi connectivity index (χ3v) is 4.61. The Balaban J connectivity index is 2.03. The topological polar surface area (TPSA) is 67.4 Å². The number of rotatable bonds is 9. The molecule has 0 fully saturated rings. The zero-order chi connectivity index (χ0) is 19.6. The van der Waals surface area contributed by atoms with E-state index in [-0.39, 0.29) is 24.2 Å². The molecule has 144 valence electrons. The lowest BCUT2D eigenvalue weighted by Gasteiger charge is -2.19. The maximum absolute atomic E-state index is 13.0. The number of thioether (sulfide) groups is 1. The summed E-state index contributed by atoms with van der Waals surface area (Å²) in [5.41, 5.74) is 1.16. The van der Waals surface area contributed by atoms with E-state index in [9.17, 15) is 14.0 Å². The molecule has 0 heterocycles. The van der Waals surface area contributed by atoms with Crippen molar-refractivity contribution in [2.45, 2.75) is 19.0 Å². The van der Waals surface area contributed by atoms with E-state index in [1.54, 1.807) is 48.2 Å². The Hall–Kier alpha value is -2.54. The van der Waals surface area contributed by atoms with Crippen LogP contribution in [0, 0.1) is 5.82 Å². The summed E-state index contributed by atoms with van der Waals surface area (Å²) in [4.78, 5) is 25.2. The Morgan fingerprint density at radius 2 is 1.85 bits per heavy atom. The minimum atomic E-state index is -0.671. The van der Waals surface area contributed by atoms with E-state index in [0.717, 1.165) is 11.3 Å². The Labute approximate surface area is 162 Å². The number of amides is 2. The number of hydrogen-bond donors (Lipinski definition) is 2. The Morgan fingerprint density at radius 1 is 1.15 bits per heavy atom. The maximum atomic E-state index is 13.0. The van der Waals surface area contributed by atoms with Crippen LogP contribution in [0.15, 0.2) is 48.5 Å². The first kappa shape index (κ1) is 20.8. The van der Waals surface area contributed by atoms with Gasteiger partial charge in [0.05, 0.1) is 12.7 Å². The zero-order valence-corrected chi connectivity index (χ0v) is 16.1. The van der Waals surface area contributed by atoms with Gasteiger partial charge < -0.3 is 15.4 Å². The second kappa shape index (κ2) is 10.6. The van der Waals surface area contributed by atoms with Gasteiger partial charge >= 0.3 is 0 Å². The summed E-state index contributed by atoms with van der Waals surface area (Å²) in [6.45, 7) is 0.263. The molecule has 2 aromatic carbocycles. The molecule has 0 aliphatic rings. The van der Waals surface area contributed by atoms with E-state index in [0.29, 0.717) is 17.7 Å². The van der Waals surface area contributed by atoms with E-state index in [1.165, 1.54) is 19.2 Å². The second-order valence-electron chi connectivity index (χ2n) is 5.85. The van der Waals surface area contributed by atoms with Gasteiger partial charge in [-0.25, -0.2) is 4.39 Å². The van der Waals surface area contributed by atoms with Gasteiger partial charge in [-0.2, -0.15) is 11.8 Å². The molecule has 5 nitrogen and oxygen atoms in total. The van der Waals surface area contributed by atoms with Gasteiger partial charge in [0.2, 0.25) is 5.91 Å². The summed E-state index contributed by atoms with van der Waals surface area (Å²) in [6, 6.07) is 12.1. The van der Waals surface area contributed by atoms with Gasteiger partial charge in [0.25, 0.3) is 5.91 Å². The highest BCUT2D eigenvalue weighted by Gasteiger charge is 2.22. The standard InChI is InChI=1S/C20H23FN2O3S/c1-26-18-6-4-3-5-16(18)19(24)23-17(11-12-27-2)20(25)22-13-14-7-9-15(21)10-8-14/h3-10,17H,11-13H2,1-2H3,(H,22,25)(H,23,24)/t17-/m1/s1. The highest BCUT2D eigenvalue weighted by atomic mass is 32.2. The summed E-state index contributed by atoms with van der Waals surface area (Å²) < 4.78 is 18.2. The molecule has 7 heteroatoms. The van der Waals surface area contributed by atoms with Crippen LogP contribution in [-0.4, -0.2) is 37.0 Å². The molecular formula is C20H23FN2O3S. The van der Waals surface area contributed by atoms with Crippen molar-refractivity contribution in [2.24, 2.45) is 0 Å². The normalized spacial score (nSPS) is 11.5. The van der Waals surface area contributed by atoms with E-state index in [1.807, 2.05) is 6.26 Å². The third-order valence-electron chi connectivity index (χ3n) is 3.96. The molecule has 0 aliphatic carbocycles. The number of nitrogens with one attached hydrogen (secondary N) is 2. The quantitative estimate of drug-likeness (QED) is 0.691. The lowest BCUT2D eigenvalue weighted by Crippen LogP contribution is -2.47. The zero-order valence-electron chi connectivity index (χ0n) is 15.3. The van der Waals surface area contributed by atoms with Crippen LogP contribution in [0.2, 0.25) is 0 Å². The van der Waals surface area contributed by atoms with Gasteiger partial charge in [-0.15, -0.1) is 0 Å². The Kier molecular flexibility index (Phi) is 8.13. The first-order valence-electron chi connectivity index (χ1n) is 8.50. The number of hydrogen-bond acceptors (Lipinski definition) is 4. The van der Waals surface area contributed by atoms with Crippen LogP contribution in [0.25, 0.3) is 0 Å². The molecule has 0 bridgehead atoms. The molecular weight excluding hydrogens is 367 g/mol. The van der Waals surface area contributed by atoms with Crippen LogP contribution in [0.3, 0.4) is 0 Å². The molecule has 0 saturated heterocycles. The van der Waals surface area contributed by atoms with Crippen molar-refractivity contribution in [3.8, 4) is 5.75 Å². The largest absolute Gasteiger partial charge is 0.496 e. The molecule has 0 radical (unpaired) electrons. The van der Waals surface area contributed by atoms with Gasteiger partial charge in [0, 0.05) is 6.54 Å². The van der Waals surface area contributed by atoms with E-state index in [2.05, 4.69) is 10.6 Å². The lowest BCUT2D eigenvalue weighted by atomic mass is 10.1. The van der Waals surface area contributed by atoms with Gasteiger partial charge in [-0.05, 0) is 48.3 Å². The SMILES string of the molecule is COc1ccccc1C(=O)N[C@H](CCSC)C(=O)NCc1ccc(F)cc1. The number of carbonyl (C=O) groups is 2. The van der Waals surface area contributed by atoms with Crippen LogP contribution in [-0.2, 0) is 11.3 Å². The minimum Gasteiger partial charge on any atom is -0.496 e. The number of para-hydroxylation sites is 1. The summed E-state index contributed by atoms with van der Waals surface area (Å²) in [6.07, 6.45) is 2.44. The van der Waals surface area contributed by atoms with Crippen molar-refractivity contribution in [1.29, 1.82) is 0 Å². The van der Waals surface area contributed by atoms with Crippen molar-refractivity contribution in [2.75, 3.05) is 19.1 Å². The smallest absolute Gasteiger partial charge is 0.255 e. The van der Waals surface area contributed by atoms with Crippen molar-refractivity contribution in [1.82, 2.24) is 10.6 Å². The first-order valence-corrected chi connectivity index (χ1v) is 9.89. The van der Waals surface area contributed by atoms with Crippen LogP contribution >= 0.6 is 11.8 Å². The summed E-state index contributed by atoms with van der Waals surface area (Å²) in [7, 11) is 1.49. The molecule has 27 heavy (non-hydrogen) atoms. The van der Waals surface area contributed by atoms with Gasteiger partial charge in [0.15, 0.2) is 0 Å². The fourth-order valence-corrected chi connectivity index (χ4v) is 2.96. The maximum Gasteiger partial charge on any atom is 0.255 e. The average Bonchev–Trinajstić information content (AvgIpc) is 2.70. The number of ether oxygens (including phenoxy) is 1. The van der Waals surface area contributed by atoms with Crippen LogP contribution < -0.4 is 15.4 Å². The Bertz CT molecular complexity index is 768. The predicted molar refractivity (Wildman–Crippen MR) is 105 cm³/mol. The number of methoxy groups -OCH3 is 1. The van der Waals surface area contributed by atoms with Crippen molar-refractivity contribution < 1.29 is 18.7 Å². The summed E-state index contributed by atoms with van der Waals surface area (Å²) in [5, 5.41) is 5.58. The highest BCUT2D eigenvalue weighted by Crippen LogP contribution is 2.17. The fourth-order valence-electron chi connectivity index (χ4n) is 2.49. The average molecular weight is 390 g/mol.